The first kappa shape index (κ1) is 21.6. The van der Waals surface area contributed by atoms with Crippen molar-refractivity contribution in [3.63, 3.8) is 0 Å². The number of alkyl carbamates (subject to hydrolysis) is 1. The van der Waals surface area contributed by atoms with Crippen molar-refractivity contribution in [3.8, 4) is 0 Å². The molecule has 30 heavy (non-hydrogen) atoms. The second-order valence-electron chi connectivity index (χ2n) is 8.26. The van der Waals surface area contributed by atoms with Gasteiger partial charge in [0.1, 0.15) is 12.2 Å². The minimum atomic E-state index is -0.991. The van der Waals surface area contributed by atoms with Gasteiger partial charge >= 0.3 is 12.2 Å². The zero-order chi connectivity index (χ0) is 21.7. The number of rotatable bonds is 5. The number of hydrogen-bond acceptors (Lipinski definition) is 5. The van der Waals surface area contributed by atoms with Gasteiger partial charge < -0.3 is 19.9 Å². The highest BCUT2D eigenvalue weighted by Gasteiger charge is 2.39. The molecule has 1 aliphatic heterocycles. The molecule has 160 valence electrons. The van der Waals surface area contributed by atoms with Crippen LogP contribution in [0.4, 0.5) is 15.3 Å². The largest absolute Gasteiger partial charge is 0.444 e. The van der Waals surface area contributed by atoms with E-state index in [1.807, 2.05) is 54.6 Å². The van der Waals surface area contributed by atoms with Gasteiger partial charge in [-0.2, -0.15) is 0 Å². The fourth-order valence-corrected chi connectivity index (χ4v) is 3.38. The Labute approximate surface area is 176 Å². The van der Waals surface area contributed by atoms with Crippen molar-refractivity contribution in [2.24, 2.45) is 0 Å². The number of benzene rings is 2. The van der Waals surface area contributed by atoms with Crippen molar-refractivity contribution in [2.45, 2.75) is 51.5 Å². The molecular formula is C23H28N2O5. The molecule has 0 fully saturated rings. The van der Waals surface area contributed by atoms with Crippen LogP contribution in [0.3, 0.4) is 0 Å². The maximum Gasteiger partial charge on any atom is 0.414 e. The summed E-state index contributed by atoms with van der Waals surface area (Å²) >= 11 is 0. The van der Waals surface area contributed by atoms with Crippen LogP contribution in [0.15, 0.2) is 54.6 Å². The third kappa shape index (κ3) is 5.51. The highest BCUT2D eigenvalue weighted by Crippen LogP contribution is 2.34. The summed E-state index contributed by atoms with van der Waals surface area (Å²) in [7, 11) is 0. The molecule has 2 aromatic carbocycles. The third-order valence-electron chi connectivity index (χ3n) is 4.71. The Hall–Kier alpha value is -3.06. The Morgan fingerprint density at radius 2 is 1.80 bits per heavy atom. The minimum Gasteiger partial charge on any atom is -0.444 e. The van der Waals surface area contributed by atoms with E-state index in [-0.39, 0.29) is 13.2 Å². The van der Waals surface area contributed by atoms with E-state index in [0.29, 0.717) is 12.1 Å². The van der Waals surface area contributed by atoms with Gasteiger partial charge in [0.05, 0.1) is 17.8 Å². The first-order valence-corrected chi connectivity index (χ1v) is 9.97. The summed E-state index contributed by atoms with van der Waals surface area (Å²) in [5.41, 5.74) is 1.89. The lowest BCUT2D eigenvalue weighted by molar-refractivity contribution is 0.0479. The van der Waals surface area contributed by atoms with Crippen molar-refractivity contribution in [3.05, 3.63) is 65.7 Å². The highest BCUT2D eigenvalue weighted by atomic mass is 16.6. The van der Waals surface area contributed by atoms with Crippen LogP contribution in [0.1, 0.15) is 31.9 Å². The van der Waals surface area contributed by atoms with E-state index >= 15 is 0 Å². The van der Waals surface area contributed by atoms with Crippen LogP contribution in [0.5, 0.6) is 0 Å². The molecule has 3 rings (SSSR count). The Bertz CT molecular complexity index is 879. The summed E-state index contributed by atoms with van der Waals surface area (Å²) in [6.07, 6.45) is -1.68. The minimum absolute atomic E-state index is 0.0456. The number of aliphatic hydroxyl groups excluding tert-OH is 1. The molecule has 1 aliphatic rings. The van der Waals surface area contributed by atoms with Crippen molar-refractivity contribution < 1.29 is 24.2 Å². The number of hydrogen-bond donors (Lipinski definition) is 2. The van der Waals surface area contributed by atoms with E-state index in [2.05, 4.69) is 5.32 Å². The lowest BCUT2D eigenvalue weighted by Crippen LogP contribution is -2.50. The Morgan fingerprint density at radius 1 is 1.13 bits per heavy atom. The zero-order valence-corrected chi connectivity index (χ0v) is 17.5. The van der Waals surface area contributed by atoms with Crippen LogP contribution in [0.25, 0.3) is 0 Å². The molecule has 0 unspecified atom stereocenters. The first-order valence-electron chi connectivity index (χ1n) is 9.97. The Morgan fingerprint density at radius 3 is 2.50 bits per heavy atom. The fraction of sp³-hybridized carbons (Fsp3) is 0.391. The van der Waals surface area contributed by atoms with Gasteiger partial charge in [0.2, 0.25) is 0 Å². The summed E-state index contributed by atoms with van der Waals surface area (Å²) in [5, 5.41) is 13.3. The molecule has 0 radical (unpaired) electrons. The van der Waals surface area contributed by atoms with Crippen molar-refractivity contribution >= 4 is 17.9 Å². The summed E-state index contributed by atoms with van der Waals surface area (Å²) in [5.74, 6) is 0. The molecule has 0 bridgehead atoms. The number of aliphatic hydroxyl groups is 1. The van der Waals surface area contributed by atoms with Gasteiger partial charge in [0.25, 0.3) is 0 Å². The lowest BCUT2D eigenvalue weighted by atomic mass is 10.1. The van der Waals surface area contributed by atoms with Crippen molar-refractivity contribution in [1.29, 1.82) is 0 Å². The van der Waals surface area contributed by atoms with Gasteiger partial charge in [-0.1, -0.05) is 48.5 Å². The maximum absolute atomic E-state index is 12.9. The number of amides is 2. The zero-order valence-electron chi connectivity index (χ0n) is 17.5. The van der Waals surface area contributed by atoms with Crippen LogP contribution in [-0.4, -0.2) is 41.6 Å². The van der Waals surface area contributed by atoms with Crippen LogP contribution >= 0.6 is 0 Å². The van der Waals surface area contributed by atoms with E-state index in [1.54, 1.807) is 20.8 Å². The predicted octanol–water partition coefficient (Wildman–Crippen LogP) is 3.64. The normalized spacial score (nSPS) is 16.5. The number of para-hydroxylation sites is 1. The highest BCUT2D eigenvalue weighted by molar-refractivity contribution is 5.91. The number of fused-ring (bicyclic) bond motifs is 1. The van der Waals surface area contributed by atoms with Gasteiger partial charge in [0, 0.05) is 6.54 Å². The maximum atomic E-state index is 12.9. The van der Waals surface area contributed by atoms with E-state index in [4.69, 9.17) is 9.47 Å². The van der Waals surface area contributed by atoms with E-state index in [1.165, 1.54) is 4.90 Å². The molecule has 7 heteroatoms. The lowest BCUT2D eigenvalue weighted by Gasteiger charge is -2.29. The average Bonchev–Trinajstić information content (AvgIpc) is 3.09. The summed E-state index contributed by atoms with van der Waals surface area (Å²) < 4.78 is 10.7. The van der Waals surface area contributed by atoms with Crippen LogP contribution in [0, 0.1) is 0 Å². The summed E-state index contributed by atoms with van der Waals surface area (Å²) in [6.45, 7) is 5.39. The average molecular weight is 412 g/mol. The summed E-state index contributed by atoms with van der Waals surface area (Å²) in [4.78, 5) is 26.3. The second kappa shape index (κ2) is 9.17. The van der Waals surface area contributed by atoms with E-state index in [0.717, 1.165) is 11.1 Å². The Balaban J connectivity index is 1.68. The van der Waals surface area contributed by atoms with E-state index in [9.17, 15) is 14.7 Å². The number of anilines is 1. The van der Waals surface area contributed by atoms with Crippen molar-refractivity contribution in [1.82, 2.24) is 5.32 Å². The number of nitrogens with zero attached hydrogens (tertiary/aromatic N) is 1. The molecule has 2 N–H and O–H groups in total. The topological polar surface area (TPSA) is 88.1 Å². The second-order valence-corrected chi connectivity index (χ2v) is 8.26. The standard InChI is InChI=1S/C23H28N2O5/c1-23(2,3)30-21(27)24-14-20(26)19-13-17-11-7-8-12-18(17)25(19)22(28)29-15-16-9-5-4-6-10-16/h4-12,19-20,26H,13-15H2,1-3H3,(H,24,27)/t19-,20-/m0/s1. The molecule has 0 aromatic heterocycles. The van der Waals surface area contributed by atoms with Gasteiger partial charge in [0.15, 0.2) is 0 Å². The monoisotopic (exact) mass is 412 g/mol. The third-order valence-corrected chi connectivity index (χ3v) is 4.71. The molecule has 2 amide bonds. The SMILES string of the molecule is CC(C)(C)OC(=O)NC[C@H](O)[C@@H]1Cc2ccccc2N1C(=O)OCc1ccccc1. The molecule has 7 nitrogen and oxygen atoms in total. The smallest absolute Gasteiger partial charge is 0.414 e. The molecular weight excluding hydrogens is 384 g/mol. The quantitative estimate of drug-likeness (QED) is 0.783. The Kier molecular flexibility index (Phi) is 6.62. The number of carbonyl (C=O) groups is 2. The molecule has 0 saturated heterocycles. The van der Waals surface area contributed by atoms with Gasteiger partial charge in [-0.15, -0.1) is 0 Å². The first-order chi connectivity index (χ1) is 14.2. The van der Waals surface area contributed by atoms with Gasteiger partial charge in [-0.25, -0.2) is 9.59 Å². The predicted molar refractivity (Wildman–Crippen MR) is 113 cm³/mol. The fourth-order valence-electron chi connectivity index (χ4n) is 3.38. The van der Waals surface area contributed by atoms with Crippen LogP contribution < -0.4 is 10.2 Å². The summed E-state index contributed by atoms with van der Waals surface area (Å²) in [6, 6.07) is 16.3. The molecule has 1 heterocycles. The van der Waals surface area contributed by atoms with Gasteiger partial charge in [-0.3, -0.25) is 4.90 Å². The molecule has 2 aromatic rings. The molecule has 0 saturated carbocycles. The number of ether oxygens (including phenoxy) is 2. The molecule has 2 atom stereocenters. The van der Waals surface area contributed by atoms with E-state index < -0.39 is 29.9 Å². The molecule has 0 spiro atoms. The van der Waals surface area contributed by atoms with Gasteiger partial charge in [-0.05, 0) is 44.4 Å². The van der Waals surface area contributed by atoms with Crippen LogP contribution in [0.2, 0.25) is 0 Å². The van der Waals surface area contributed by atoms with Crippen LogP contribution in [-0.2, 0) is 22.5 Å². The number of nitrogens with one attached hydrogen (secondary N) is 1. The number of carbonyl (C=O) groups excluding carboxylic acids is 2. The molecule has 0 aliphatic carbocycles. The van der Waals surface area contributed by atoms with Crippen molar-refractivity contribution in [2.75, 3.05) is 11.4 Å².